The van der Waals surface area contributed by atoms with Crippen LogP contribution in [-0.4, -0.2) is 33.4 Å². The zero-order valence-electron chi connectivity index (χ0n) is 7.98. The third-order valence-corrected chi connectivity index (χ3v) is 3.56. The Labute approximate surface area is 87.1 Å². The van der Waals surface area contributed by atoms with Crippen LogP contribution in [-0.2, 0) is 12.8 Å². The minimum atomic E-state index is 0.0816. The van der Waals surface area contributed by atoms with Crippen LogP contribution in [0.1, 0.15) is 18.1 Å². The van der Waals surface area contributed by atoms with E-state index < -0.39 is 0 Å². The van der Waals surface area contributed by atoms with Crippen LogP contribution in [0.2, 0.25) is 0 Å². The predicted molar refractivity (Wildman–Crippen MR) is 54.2 cm³/mol. The highest BCUT2D eigenvalue weighted by atomic mass is 32.2. The van der Waals surface area contributed by atoms with Crippen LogP contribution in [0.3, 0.4) is 0 Å². The molecule has 4 nitrogen and oxygen atoms in total. The van der Waals surface area contributed by atoms with Gasteiger partial charge in [0.25, 0.3) is 0 Å². The fourth-order valence-corrected chi connectivity index (χ4v) is 2.85. The van der Waals surface area contributed by atoms with Crippen molar-refractivity contribution in [3.63, 3.8) is 0 Å². The third kappa shape index (κ3) is 2.48. The molecule has 2 rings (SSSR count). The van der Waals surface area contributed by atoms with E-state index in [-0.39, 0.29) is 6.61 Å². The van der Waals surface area contributed by atoms with Gasteiger partial charge in [-0.15, -0.1) is 0 Å². The van der Waals surface area contributed by atoms with Crippen molar-refractivity contribution in [3.8, 4) is 0 Å². The summed E-state index contributed by atoms with van der Waals surface area (Å²) in [4.78, 5) is 4.22. The number of hydrogen-bond donors (Lipinski definition) is 1. The lowest BCUT2D eigenvalue weighted by molar-refractivity contribution is 0.292. The summed E-state index contributed by atoms with van der Waals surface area (Å²) in [5.41, 5.74) is 0. The lowest BCUT2D eigenvalue weighted by atomic mass is 10.1. The molecule has 1 aliphatic rings. The van der Waals surface area contributed by atoms with Crippen molar-refractivity contribution in [2.45, 2.75) is 19.3 Å². The molecule has 0 aromatic carbocycles. The van der Waals surface area contributed by atoms with Gasteiger partial charge in [0, 0.05) is 12.8 Å². The van der Waals surface area contributed by atoms with E-state index in [1.807, 2.05) is 11.8 Å². The largest absolute Gasteiger partial charge is 0.396 e. The van der Waals surface area contributed by atoms with Gasteiger partial charge in [-0.1, -0.05) is 5.16 Å². The van der Waals surface area contributed by atoms with E-state index in [1.165, 1.54) is 17.9 Å². The highest BCUT2D eigenvalue weighted by Crippen LogP contribution is 2.25. The highest BCUT2D eigenvalue weighted by Gasteiger charge is 2.18. The van der Waals surface area contributed by atoms with Crippen LogP contribution >= 0.6 is 11.8 Å². The SMILES string of the molecule is OCCc1noc(CC2CCSC2)n1. The number of aliphatic hydroxyl groups is 1. The molecule has 1 atom stereocenters. The third-order valence-electron chi connectivity index (χ3n) is 2.33. The van der Waals surface area contributed by atoms with E-state index in [0.717, 1.165) is 12.3 Å². The Hall–Kier alpha value is -0.550. The summed E-state index contributed by atoms with van der Waals surface area (Å²) in [6.45, 7) is 0.0816. The average Bonchev–Trinajstić information content (AvgIpc) is 2.79. The zero-order valence-corrected chi connectivity index (χ0v) is 8.79. The van der Waals surface area contributed by atoms with E-state index >= 15 is 0 Å². The fourth-order valence-electron chi connectivity index (χ4n) is 1.57. The van der Waals surface area contributed by atoms with Gasteiger partial charge in [0.15, 0.2) is 5.82 Å². The maximum Gasteiger partial charge on any atom is 0.226 e. The maximum absolute atomic E-state index is 8.69. The van der Waals surface area contributed by atoms with Gasteiger partial charge in [0.2, 0.25) is 5.89 Å². The second-order valence-corrected chi connectivity index (χ2v) is 4.66. The molecule has 1 aromatic rings. The summed E-state index contributed by atoms with van der Waals surface area (Å²) in [5.74, 6) is 4.50. The molecular weight excluding hydrogens is 200 g/mol. The van der Waals surface area contributed by atoms with Gasteiger partial charge in [0.05, 0.1) is 6.61 Å². The van der Waals surface area contributed by atoms with Gasteiger partial charge in [-0.05, 0) is 23.8 Å². The van der Waals surface area contributed by atoms with Gasteiger partial charge in [-0.2, -0.15) is 16.7 Å². The first-order chi connectivity index (χ1) is 6.88. The minimum Gasteiger partial charge on any atom is -0.396 e. The molecule has 1 aromatic heterocycles. The normalized spacial score (nSPS) is 21.6. The minimum absolute atomic E-state index is 0.0816. The van der Waals surface area contributed by atoms with Gasteiger partial charge in [-0.3, -0.25) is 0 Å². The number of aliphatic hydroxyl groups excluding tert-OH is 1. The Morgan fingerprint density at radius 2 is 2.50 bits per heavy atom. The molecule has 2 heterocycles. The quantitative estimate of drug-likeness (QED) is 0.807. The van der Waals surface area contributed by atoms with Crippen LogP contribution in [0.4, 0.5) is 0 Å². The van der Waals surface area contributed by atoms with E-state index in [1.54, 1.807) is 0 Å². The van der Waals surface area contributed by atoms with Crippen molar-refractivity contribution < 1.29 is 9.63 Å². The first kappa shape index (κ1) is 9.98. The summed E-state index contributed by atoms with van der Waals surface area (Å²) in [5, 5.41) is 12.5. The highest BCUT2D eigenvalue weighted by molar-refractivity contribution is 7.99. The molecule has 1 N–H and O–H groups in total. The van der Waals surface area contributed by atoms with Gasteiger partial charge in [0.1, 0.15) is 0 Å². The molecule has 1 saturated heterocycles. The smallest absolute Gasteiger partial charge is 0.226 e. The van der Waals surface area contributed by atoms with Gasteiger partial charge >= 0.3 is 0 Å². The monoisotopic (exact) mass is 214 g/mol. The Bertz CT molecular complexity index is 284. The Balaban J connectivity index is 1.88. The van der Waals surface area contributed by atoms with Crippen LogP contribution in [0.25, 0.3) is 0 Å². The number of rotatable bonds is 4. The molecule has 1 unspecified atom stereocenters. The van der Waals surface area contributed by atoms with Crippen molar-refractivity contribution in [3.05, 3.63) is 11.7 Å². The van der Waals surface area contributed by atoms with E-state index in [4.69, 9.17) is 9.63 Å². The molecule has 0 radical (unpaired) electrons. The summed E-state index contributed by atoms with van der Waals surface area (Å²) < 4.78 is 5.10. The lowest BCUT2D eigenvalue weighted by Crippen LogP contribution is -2.03. The summed E-state index contributed by atoms with van der Waals surface area (Å²) in [6.07, 6.45) is 2.64. The first-order valence-electron chi connectivity index (χ1n) is 4.88. The Kier molecular flexibility index (Phi) is 3.42. The van der Waals surface area contributed by atoms with Crippen molar-refractivity contribution in [1.82, 2.24) is 10.1 Å². The average molecular weight is 214 g/mol. The Morgan fingerprint density at radius 3 is 3.21 bits per heavy atom. The van der Waals surface area contributed by atoms with E-state index in [9.17, 15) is 0 Å². The van der Waals surface area contributed by atoms with Crippen LogP contribution in [0, 0.1) is 5.92 Å². The second-order valence-electron chi connectivity index (χ2n) is 3.51. The van der Waals surface area contributed by atoms with Crippen LogP contribution in [0.15, 0.2) is 4.52 Å². The predicted octanol–water partition coefficient (Wildman–Crippen LogP) is 0.900. The fraction of sp³-hybridized carbons (Fsp3) is 0.778. The molecule has 0 bridgehead atoms. The van der Waals surface area contributed by atoms with Crippen molar-refractivity contribution in [2.75, 3.05) is 18.1 Å². The lowest BCUT2D eigenvalue weighted by Gasteiger charge is -2.01. The summed E-state index contributed by atoms with van der Waals surface area (Å²) in [6, 6.07) is 0. The van der Waals surface area contributed by atoms with Crippen molar-refractivity contribution in [2.24, 2.45) is 5.92 Å². The molecule has 1 fully saturated rings. The molecule has 0 saturated carbocycles. The van der Waals surface area contributed by atoms with E-state index in [2.05, 4.69) is 10.1 Å². The van der Waals surface area contributed by atoms with E-state index in [0.29, 0.717) is 18.2 Å². The van der Waals surface area contributed by atoms with Crippen LogP contribution in [0.5, 0.6) is 0 Å². The number of aromatic nitrogens is 2. The number of nitrogens with zero attached hydrogens (tertiary/aromatic N) is 2. The molecule has 0 spiro atoms. The summed E-state index contributed by atoms with van der Waals surface area (Å²) >= 11 is 1.99. The van der Waals surface area contributed by atoms with Gasteiger partial charge in [-0.25, -0.2) is 0 Å². The molecule has 1 aliphatic heterocycles. The van der Waals surface area contributed by atoms with Crippen LogP contribution < -0.4 is 0 Å². The van der Waals surface area contributed by atoms with Gasteiger partial charge < -0.3 is 9.63 Å². The second kappa shape index (κ2) is 4.79. The van der Waals surface area contributed by atoms with Crippen molar-refractivity contribution >= 4 is 11.8 Å². The van der Waals surface area contributed by atoms with Crippen molar-refractivity contribution in [1.29, 1.82) is 0 Å². The molecular formula is C9H14N2O2S. The molecule has 0 amide bonds. The molecule has 0 aliphatic carbocycles. The first-order valence-corrected chi connectivity index (χ1v) is 6.04. The molecule has 78 valence electrons. The standard InChI is InChI=1S/C9H14N2O2S/c12-3-1-8-10-9(13-11-8)5-7-2-4-14-6-7/h7,12H,1-6H2. The molecule has 14 heavy (non-hydrogen) atoms. The number of thioether (sulfide) groups is 1. The summed E-state index contributed by atoms with van der Waals surface area (Å²) in [7, 11) is 0. The zero-order chi connectivity index (χ0) is 9.80. The molecule has 5 heteroatoms. The number of hydrogen-bond acceptors (Lipinski definition) is 5. The Morgan fingerprint density at radius 1 is 1.57 bits per heavy atom. The topological polar surface area (TPSA) is 59.2 Å². The maximum atomic E-state index is 8.69.